The van der Waals surface area contributed by atoms with Crippen LogP contribution < -0.4 is 5.32 Å². The van der Waals surface area contributed by atoms with Crippen molar-refractivity contribution in [2.45, 2.75) is 30.8 Å². The molecule has 2 rings (SSSR count). The van der Waals surface area contributed by atoms with E-state index in [2.05, 4.69) is 12.2 Å². The van der Waals surface area contributed by atoms with Crippen LogP contribution >= 0.6 is 11.8 Å². The summed E-state index contributed by atoms with van der Waals surface area (Å²) in [6.07, 6.45) is 4.22. The van der Waals surface area contributed by atoms with Gasteiger partial charge in [-0.25, -0.2) is 4.79 Å². The van der Waals surface area contributed by atoms with Crippen molar-refractivity contribution in [1.82, 2.24) is 0 Å². The van der Waals surface area contributed by atoms with E-state index in [1.54, 1.807) is 0 Å². The lowest BCUT2D eigenvalue weighted by molar-refractivity contribution is 0.0694. The molecule has 2 atom stereocenters. The number of anilines is 1. The minimum Gasteiger partial charge on any atom is -0.478 e. The molecular weight excluding hydrogens is 274 g/mol. The maximum Gasteiger partial charge on any atom is 0.338 e. The van der Waals surface area contributed by atoms with E-state index in [1.165, 1.54) is 11.8 Å². The van der Waals surface area contributed by atoms with E-state index in [9.17, 15) is 9.90 Å². The molecule has 0 bridgehead atoms. The van der Waals surface area contributed by atoms with Crippen LogP contribution in [0.15, 0.2) is 23.1 Å². The topological polar surface area (TPSA) is 58.6 Å². The molecule has 1 saturated heterocycles. The molecule has 0 aliphatic carbocycles. The van der Waals surface area contributed by atoms with Crippen LogP contribution in [-0.2, 0) is 4.74 Å². The van der Waals surface area contributed by atoms with Crippen LogP contribution in [0.4, 0.5) is 5.69 Å². The van der Waals surface area contributed by atoms with Gasteiger partial charge >= 0.3 is 5.97 Å². The number of carbonyl (C=O) groups is 1. The van der Waals surface area contributed by atoms with Gasteiger partial charge in [0.15, 0.2) is 0 Å². The number of benzene rings is 1. The van der Waals surface area contributed by atoms with Crippen LogP contribution in [0.25, 0.3) is 0 Å². The Kier molecular flexibility index (Phi) is 5.31. The summed E-state index contributed by atoms with van der Waals surface area (Å²) in [5.74, 6) is -0.424. The second kappa shape index (κ2) is 6.99. The van der Waals surface area contributed by atoms with Crippen molar-refractivity contribution in [2.24, 2.45) is 5.92 Å². The number of carboxylic acids is 1. The second-order valence-electron chi connectivity index (χ2n) is 4.94. The molecule has 0 amide bonds. The number of aromatic carboxylic acids is 1. The standard InChI is InChI=1S/C15H21NO3S/c1-3-12-10(7-8-19-12)9-16-11-5-4-6-13(20-2)14(11)15(17)18/h4-6,10,12,16H,3,7-9H2,1-2H3,(H,17,18). The van der Waals surface area contributed by atoms with Crippen LogP contribution in [-0.4, -0.2) is 36.6 Å². The van der Waals surface area contributed by atoms with Crippen molar-refractivity contribution in [1.29, 1.82) is 0 Å². The monoisotopic (exact) mass is 295 g/mol. The maximum atomic E-state index is 11.4. The second-order valence-corrected chi connectivity index (χ2v) is 5.78. The van der Waals surface area contributed by atoms with Crippen molar-refractivity contribution in [3.8, 4) is 0 Å². The Bertz CT molecular complexity index is 478. The van der Waals surface area contributed by atoms with Gasteiger partial charge in [0.25, 0.3) is 0 Å². The summed E-state index contributed by atoms with van der Waals surface area (Å²) >= 11 is 1.46. The number of thioether (sulfide) groups is 1. The number of rotatable bonds is 6. The molecule has 1 aliphatic rings. The molecule has 5 heteroatoms. The molecule has 1 aromatic carbocycles. The van der Waals surface area contributed by atoms with Crippen molar-refractivity contribution >= 4 is 23.4 Å². The van der Waals surface area contributed by atoms with Gasteiger partial charge in [-0.15, -0.1) is 11.8 Å². The lowest BCUT2D eigenvalue weighted by atomic mass is 9.99. The Balaban J connectivity index is 2.11. The first-order chi connectivity index (χ1) is 9.67. The first-order valence-corrected chi connectivity index (χ1v) is 8.15. The van der Waals surface area contributed by atoms with E-state index in [-0.39, 0.29) is 0 Å². The fraction of sp³-hybridized carbons (Fsp3) is 0.533. The number of nitrogens with one attached hydrogen (secondary N) is 1. The first-order valence-electron chi connectivity index (χ1n) is 6.93. The number of hydrogen-bond donors (Lipinski definition) is 2. The Morgan fingerprint density at radius 3 is 3.00 bits per heavy atom. The quantitative estimate of drug-likeness (QED) is 0.788. The van der Waals surface area contributed by atoms with Gasteiger partial charge in [0, 0.05) is 29.7 Å². The summed E-state index contributed by atoms with van der Waals surface area (Å²) in [6.45, 7) is 3.69. The molecule has 2 unspecified atom stereocenters. The van der Waals surface area contributed by atoms with E-state index in [4.69, 9.17) is 4.74 Å². The highest BCUT2D eigenvalue weighted by Crippen LogP contribution is 2.29. The van der Waals surface area contributed by atoms with Gasteiger partial charge in [-0.2, -0.15) is 0 Å². The van der Waals surface area contributed by atoms with Crippen molar-refractivity contribution < 1.29 is 14.6 Å². The highest BCUT2D eigenvalue weighted by Gasteiger charge is 2.26. The molecule has 1 heterocycles. The number of hydrogen-bond acceptors (Lipinski definition) is 4. The molecule has 110 valence electrons. The molecule has 0 aromatic heterocycles. The summed E-state index contributed by atoms with van der Waals surface area (Å²) in [4.78, 5) is 12.2. The van der Waals surface area contributed by atoms with Gasteiger partial charge in [-0.1, -0.05) is 13.0 Å². The zero-order valence-corrected chi connectivity index (χ0v) is 12.7. The predicted octanol–water partition coefficient (Wildman–Crippen LogP) is 3.33. The van der Waals surface area contributed by atoms with Crippen LogP contribution in [0.5, 0.6) is 0 Å². The summed E-state index contributed by atoms with van der Waals surface area (Å²) in [6, 6.07) is 5.57. The highest BCUT2D eigenvalue weighted by atomic mass is 32.2. The summed E-state index contributed by atoms with van der Waals surface area (Å²) in [5.41, 5.74) is 1.07. The summed E-state index contributed by atoms with van der Waals surface area (Å²) in [7, 11) is 0. The Morgan fingerprint density at radius 2 is 2.35 bits per heavy atom. The molecule has 0 saturated carbocycles. The fourth-order valence-electron chi connectivity index (χ4n) is 2.69. The normalized spacial score (nSPS) is 21.9. The zero-order chi connectivity index (χ0) is 14.5. The highest BCUT2D eigenvalue weighted by molar-refractivity contribution is 7.98. The minimum atomic E-state index is -0.882. The fourth-order valence-corrected chi connectivity index (χ4v) is 3.30. The molecule has 0 radical (unpaired) electrons. The van der Waals surface area contributed by atoms with E-state index in [0.717, 1.165) is 30.9 Å². The third-order valence-corrected chi connectivity index (χ3v) is 4.54. The SMILES string of the molecule is CCC1OCCC1CNc1cccc(SC)c1C(=O)O. The molecule has 1 aromatic rings. The van der Waals surface area contributed by atoms with Crippen molar-refractivity contribution in [2.75, 3.05) is 24.7 Å². The molecule has 2 N–H and O–H groups in total. The van der Waals surface area contributed by atoms with E-state index < -0.39 is 5.97 Å². The Labute approximate surface area is 123 Å². The Hall–Kier alpha value is -1.20. The van der Waals surface area contributed by atoms with Gasteiger partial charge in [0.05, 0.1) is 11.7 Å². The largest absolute Gasteiger partial charge is 0.478 e. The van der Waals surface area contributed by atoms with Gasteiger partial charge in [0.1, 0.15) is 0 Å². The summed E-state index contributed by atoms with van der Waals surface area (Å²) < 4.78 is 5.67. The van der Waals surface area contributed by atoms with E-state index >= 15 is 0 Å². The molecule has 4 nitrogen and oxygen atoms in total. The average molecular weight is 295 g/mol. The molecule has 20 heavy (non-hydrogen) atoms. The number of ether oxygens (including phenoxy) is 1. The van der Waals surface area contributed by atoms with Crippen molar-refractivity contribution in [3.05, 3.63) is 23.8 Å². The van der Waals surface area contributed by atoms with Crippen LogP contribution in [0.2, 0.25) is 0 Å². The first kappa shape index (κ1) is 15.2. The lowest BCUT2D eigenvalue weighted by Crippen LogP contribution is -2.23. The van der Waals surface area contributed by atoms with E-state index in [1.807, 2.05) is 24.5 Å². The Morgan fingerprint density at radius 1 is 1.55 bits per heavy atom. The molecule has 1 aliphatic heterocycles. The van der Waals surface area contributed by atoms with Gasteiger partial charge in [-0.05, 0) is 31.2 Å². The third kappa shape index (κ3) is 3.27. The molecule has 1 fully saturated rings. The molecular formula is C15H21NO3S. The molecule has 0 spiro atoms. The van der Waals surface area contributed by atoms with Crippen LogP contribution in [0.3, 0.4) is 0 Å². The summed E-state index contributed by atoms with van der Waals surface area (Å²) in [5, 5.41) is 12.7. The third-order valence-electron chi connectivity index (χ3n) is 3.76. The lowest BCUT2D eigenvalue weighted by Gasteiger charge is -2.19. The number of carboxylic acid groups (broad SMARTS) is 1. The zero-order valence-electron chi connectivity index (χ0n) is 11.9. The average Bonchev–Trinajstić information content (AvgIpc) is 2.91. The van der Waals surface area contributed by atoms with Crippen LogP contribution in [0.1, 0.15) is 30.1 Å². The smallest absolute Gasteiger partial charge is 0.338 e. The minimum absolute atomic E-state index is 0.291. The van der Waals surface area contributed by atoms with Gasteiger partial charge in [0.2, 0.25) is 0 Å². The van der Waals surface area contributed by atoms with Gasteiger partial charge in [-0.3, -0.25) is 0 Å². The maximum absolute atomic E-state index is 11.4. The van der Waals surface area contributed by atoms with Crippen LogP contribution in [0, 0.1) is 5.92 Å². The predicted molar refractivity (Wildman–Crippen MR) is 81.8 cm³/mol. The van der Waals surface area contributed by atoms with Gasteiger partial charge < -0.3 is 15.2 Å². The van der Waals surface area contributed by atoms with Crippen molar-refractivity contribution in [3.63, 3.8) is 0 Å². The van der Waals surface area contributed by atoms with E-state index in [0.29, 0.717) is 23.3 Å².